The van der Waals surface area contributed by atoms with E-state index in [-0.39, 0.29) is 88.7 Å². The number of phosphoric acid groups is 1. The number of hydrogen-bond acceptors (Lipinski definition) is 23. The van der Waals surface area contributed by atoms with Crippen LogP contribution in [-0.4, -0.2) is 173 Å². The Hall–Kier alpha value is 1.89. The van der Waals surface area contributed by atoms with Gasteiger partial charge in [-0.3, -0.25) is 4.55 Å². The van der Waals surface area contributed by atoms with Crippen LogP contribution in [0.25, 0.3) is 0 Å². The first-order chi connectivity index (χ1) is 21.2. The summed E-state index contributed by atoms with van der Waals surface area (Å²) < 4.78 is 81.9. The molecule has 29 heteroatoms. The van der Waals surface area contributed by atoms with Crippen LogP contribution in [0.2, 0.25) is 0 Å². The van der Waals surface area contributed by atoms with Gasteiger partial charge in [-0.25, -0.2) is 4.18 Å². The molecule has 15 atom stereocenters. The zero-order chi connectivity index (χ0) is 34.7. The first kappa shape index (κ1) is 50.9. The fourth-order valence-electron chi connectivity index (χ4n) is 4.52. The van der Waals surface area contributed by atoms with Gasteiger partial charge in [0.25, 0.3) is 0 Å². The van der Waals surface area contributed by atoms with Gasteiger partial charge in [-0.2, -0.15) is 8.42 Å². The predicted molar refractivity (Wildman–Crippen MR) is 129 cm³/mol. The summed E-state index contributed by atoms with van der Waals surface area (Å²) in [6, 6.07) is -1.74. The molecule has 3 aliphatic heterocycles. The molecule has 0 spiro atoms. The second kappa shape index (κ2) is 21.8. The van der Waals surface area contributed by atoms with Crippen molar-refractivity contribution in [2.24, 2.45) is 5.73 Å². The molecule has 24 nitrogen and oxygen atoms in total. The molecular weight excluding hydrogens is 754 g/mol. The quantitative estimate of drug-likeness (QED) is 0.0448. The second-order valence-corrected chi connectivity index (χ2v) is 12.4. The summed E-state index contributed by atoms with van der Waals surface area (Å²) in [7, 11) is -10.9. The van der Waals surface area contributed by atoms with Crippen LogP contribution in [0.1, 0.15) is 0 Å². The molecule has 49 heavy (non-hydrogen) atoms. The second-order valence-electron chi connectivity index (χ2n) is 10.2. The number of aliphatic carboxylic acids is 1. The van der Waals surface area contributed by atoms with Crippen LogP contribution in [0.3, 0.4) is 0 Å². The summed E-state index contributed by atoms with van der Waals surface area (Å²) in [5.74, 6) is -1.77. The SMILES string of the molecule is N[C@@H](CO[C@@H]1OC[C@@H](O[C@@H]2O[C@H](CO)[C@H](O)[C@H](O[C@@H]3O[C@H](COS(=O)(=O)O)[C@H](O)[C@H](O)[C@H]3O)[C@H]2O)[C@H](O)[C@H]1OP(=O)([O-])[O-])C(=O)[O-].[Na+].[Na+].[Na+]. The number of carboxylic acid groups (broad SMARTS) is 1. The number of ether oxygens (including phenoxy) is 6. The molecule has 270 valence electrons. The van der Waals surface area contributed by atoms with E-state index in [1.807, 2.05) is 0 Å². The van der Waals surface area contributed by atoms with Crippen molar-refractivity contribution in [3.05, 3.63) is 0 Å². The van der Waals surface area contributed by atoms with Gasteiger partial charge in [0.15, 0.2) is 18.9 Å². The average Bonchev–Trinajstić information content (AvgIpc) is 2.95. The first-order valence-electron chi connectivity index (χ1n) is 13.1. The van der Waals surface area contributed by atoms with Crippen molar-refractivity contribution in [1.29, 1.82) is 0 Å². The molecule has 0 radical (unpaired) electrons. The van der Waals surface area contributed by atoms with E-state index in [4.69, 9.17) is 38.7 Å². The third-order valence-corrected chi connectivity index (χ3v) is 7.81. The molecule has 0 aliphatic carbocycles. The summed E-state index contributed by atoms with van der Waals surface area (Å²) in [6.07, 6.45) is -27.7. The third-order valence-electron chi connectivity index (χ3n) is 6.88. The average molecular weight is 787 g/mol. The number of hydrogen-bond donors (Lipinski definition) is 9. The predicted octanol–water partition coefficient (Wildman–Crippen LogP) is -19.1. The summed E-state index contributed by atoms with van der Waals surface area (Å²) in [5.41, 5.74) is 5.25. The third kappa shape index (κ3) is 14.5. The van der Waals surface area contributed by atoms with Crippen LogP contribution in [0.15, 0.2) is 0 Å². The zero-order valence-electron chi connectivity index (χ0n) is 26.1. The molecule has 0 amide bonds. The molecule has 3 aliphatic rings. The number of nitrogens with two attached hydrogens (primary N) is 1. The minimum absolute atomic E-state index is 0. The molecule has 10 N–H and O–H groups in total. The fourth-order valence-corrected chi connectivity index (χ4v) is 5.35. The Kier molecular flexibility index (Phi) is 22.7. The van der Waals surface area contributed by atoms with Gasteiger partial charge in [0.2, 0.25) is 0 Å². The van der Waals surface area contributed by atoms with Gasteiger partial charge >= 0.3 is 99.1 Å². The number of carbonyl (C=O) groups is 1. The van der Waals surface area contributed by atoms with Gasteiger partial charge in [-0.05, 0) is 0 Å². The minimum Gasteiger partial charge on any atom is -0.790 e. The summed E-state index contributed by atoms with van der Waals surface area (Å²) in [6.45, 7) is -3.66. The van der Waals surface area contributed by atoms with Gasteiger partial charge in [-0.1, -0.05) is 0 Å². The van der Waals surface area contributed by atoms with Gasteiger partial charge in [0, 0.05) is 0 Å². The molecular formula is C20H33NNa3O23PS. The molecule has 0 saturated carbocycles. The van der Waals surface area contributed by atoms with E-state index in [0.29, 0.717) is 0 Å². The van der Waals surface area contributed by atoms with Crippen molar-refractivity contribution in [2.75, 3.05) is 26.4 Å². The van der Waals surface area contributed by atoms with Crippen molar-refractivity contribution in [3.8, 4) is 0 Å². The van der Waals surface area contributed by atoms with Gasteiger partial charge < -0.3 is 98.7 Å². The standard InChI is InChI=1S/C20H36NO23PS.3Na/c21-5(17(29)30)2-37-20-16(44-45(31,32)33)11(25)7(3-38-20)41-19-14(28)15(10(24)6(1-22)40-19)43-18-13(27)12(26)9(23)8(42-18)4-39-46(34,35)36;;;/h5-16,18-20,22-28H,1-4,21H2,(H,29,30)(H2,31,32,33)(H,34,35,36);;;/q;3*+1/p-3/t5-,6+,7+,8+,9-,10-,11-,12-,13+,14+,15-,16+,18-,19-,20+;;;/m0.../s1. The van der Waals surface area contributed by atoms with Crippen molar-refractivity contribution in [2.45, 2.75) is 92.1 Å². The van der Waals surface area contributed by atoms with Crippen molar-refractivity contribution in [1.82, 2.24) is 0 Å². The van der Waals surface area contributed by atoms with Crippen LogP contribution in [0, 0.1) is 0 Å². The number of aliphatic hydroxyl groups is 7. The molecule has 3 fully saturated rings. The van der Waals surface area contributed by atoms with E-state index in [9.17, 15) is 68.4 Å². The topological polar surface area (TPSA) is 399 Å². The maximum absolute atomic E-state index is 11.3. The molecule has 0 aromatic carbocycles. The number of phosphoric ester groups is 1. The Morgan fingerprint density at radius 1 is 0.857 bits per heavy atom. The van der Waals surface area contributed by atoms with Gasteiger partial charge in [0.05, 0.1) is 46.3 Å². The van der Waals surface area contributed by atoms with Crippen molar-refractivity contribution in [3.63, 3.8) is 0 Å². The molecule has 0 bridgehead atoms. The largest absolute Gasteiger partial charge is 1.00 e. The van der Waals surface area contributed by atoms with Gasteiger partial charge in [-0.15, -0.1) is 0 Å². The zero-order valence-corrected chi connectivity index (χ0v) is 33.8. The van der Waals surface area contributed by atoms with E-state index < -0.39 is 143 Å². The molecule has 3 saturated heterocycles. The van der Waals surface area contributed by atoms with Crippen LogP contribution < -0.4 is 109 Å². The van der Waals surface area contributed by atoms with E-state index >= 15 is 0 Å². The molecule has 0 aromatic heterocycles. The van der Waals surface area contributed by atoms with Crippen LogP contribution in [0.5, 0.6) is 0 Å². The Bertz CT molecular complexity index is 1170. The van der Waals surface area contributed by atoms with Crippen LogP contribution in [-0.2, 0) is 56.9 Å². The van der Waals surface area contributed by atoms with E-state index in [2.05, 4.69) is 8.71 Å². The smallest absolute Gasteiger partial charge is 0.790 e. The Labute approximate surface area is 344 Å². The Balaban J connectivity index is 0.00000768. The Morgan fingerprint density at radius 2 is 1.43 bits per heavy atom. The fraction of sp³-hybridized carbons (Fsp3) is 0.950. The van der Waals surface area contributed by atoms with Crippen molar-refractivity contribution < 1.29 is 199 Å². The Morgan fingerprint density at radius 3 is 1.96 bits per heavy atom. The van der Waals surface area contributed by atoms with E-state index in [1.54, 1.807) is 0 Å². The minimum atomic E-state index is -5.88. The maximum atomic E-state index is 11.3. The number of carbonyl (C=O) groups excluding carboxylic acids is 1. The maximum Gasteiger partial charge on any atom is 1.00 e. The van der Waals surface area contributed by atoms with Crippen molar-refractivity contribution >= 4 is 24.2 Å². The number of aliphatic hydroxyl groups excluding tert-OH is 7. The van der Waals surface area contributed by atoms with Crippen LogP contribution in [0.4, 0.5) is 0 Å². The summed E-state index contributed by atoms with van der Waals surface area (Å²) in [4.78, 5) is 33.5. The monoisotopic (exact) mass is 787 g/mol. The number of rotatable bonds is 14. The molecule has 0 unspecified atom stereocenters. The van der Waals surface area contributed by atoms with Gasteiger partial charge in [0.1, 0.15) is 67.1 Å². The first-order valence-corrected chi connectivity index (χ1v) is 15.9. The molecule has 3 heterocycles. The molecule has 3 rings (SSSR count). The molecule has 0 aromatic rings. The normalized spacial score (nSPS) is 39.1. The summed E-state index contributed by atoms with van der Waals surface area (Å²) >= 11 is 0. The van der Waals surface area contributed by atoms with E-state index in [0.717, 1.165) is 0 Å². The van der Waals surface area contributed by atoms with E-state index in [1.165, 1.54) is 0 Å². The van der Waals surface area contributed by atoms with Crippen LogP contribution >= 0.6 is 7.82 Å². The summed E-state index contributed by atoms with van der Waals surface area (Å²) in [5, 5.41) is 83.6. The number of carboxylic acids is 1.